The molecule has 4 aromatic rings. The topological polar surface area (TPSA) is 77.6 Å². The van der Waals surface area contributed by atoms with Crippen LogP contribution in [0.1, 0.15) is 33.0 Å². The van der Waals surface area contributed by atoms with E-state index in [0.29, 0.717) is 17.1 Å². The number of anilines is 1. The minimum Gasteiger partial charge on any atom is -0.320 e. The molecule has 0 saturated heterocycles. The average Bonchev–Trinajstić information content (AvgIpc) is 3.27. The van der Waals surface area contributed by atoms with Crippen LogP contribution in [0.25, 0.3) is 11.4 Å². The van der Waals surface area contributed by atoms with E-state index in [9.17, 15) is 4.79 Å². The molecule has 7 nitrogen and oxygen atoms in total. The molecule has 146 valence electrons. The Balaban J connectivity index is 1.60. The maximum atomic E-state index is 12.8. The molecule has 2 aromatic heterocycles. The molecule has 0 unspecified atom stereocenters. The number of aryl methyl sites for hydroxylation is 4. The van der Waals surface area contributed by atoms with Crippen LogP contribution in [-0.4, -0.2) is 30.7 Å². The van der Waals surface area contributed by atoms with Crippen molar-refractivity contribution in [1.29, 1.82) is 0 Å². The summed E-state index contributed by atoms with van der Waals surface area (Å²) >= 11 is 0. The van der Waals surface area contributed by atoms with Crippen LogP contribution in [0.2, 0.25) is 0 Å². The molecule has 0 aliphatic heterocycles. The molecule has 0 bridgehead atoms. The van der Waals surface area contributed by atoms with Crippen molar-refractivity contribution < 1.29 is 4.79 Å². The van der Waals surface area contributed by atoms with E-state index in [1.165, 1.54) is 10.4 Å². The average molecular weight is 386 g/mol. The minimum atomic E-state index is -0.298. The predicted molar refractivity (Wildman–Crippen MR) is 112 cm³/mol. The second-order valence-corrected chi connectivity index (χ2v) is 7.10. The van der Waals surface area contributed by atoms with Crippen LogP contribution in [0.4, 0.5) is 5.69 Å². The summed E-state index contributed by atoms with van der Waals surface area (Å²) in [6, 6.07) is 15.5. The number of amides is 1. The first-order chi connectivity index (χ1) is 13.9. The maximum Gasteiger partial charge on any atom is 0.278 e. The Bertz CT molecular complexity index is 1200. The fourth-order valence-corrected chi connectivity index (χ4v) is 3.27. The molecule has 2 aromatic carbocycles. The molecule has 0 aliphatic rings. The van der Waals surface area contributed by atoms with Gasteiger partial charge in [-0.15, -0.1) is 5.10 Å². The lowest BCUT2D eigenvalue weighted by molar-refractivity contribution is 0.102. The summed E-state index contributed by atoms with van der Waals surface area (Å²) in [4.78, 5) is 14.4. The fourth-order valence-electron chi connectivity index (χ4n) is 3.27. The smallest absolute Gasteiger partial charge is 0.278 e. The summed E-state index contributed by atoms with van der Waals surface area (Å²) in [6.45, 7) is 7.80. The third-order valence-electron chi connectivity index (χ3n) is 4.75. The molecule has 7 heteroatoms. The van der Waals surface area contributed by atoms with Gasteiger partial charge in [0, 0.05) is 17.6 Å². The number of hydrogen-bond acceptors (Lipinski definition) is 4. The summed E-state index contributed by atoms with van der Waals surface area (Å²) in [7, 11) is 0. The monoisotopic (exact) mass is 386 g/mol. The van der Waals surface area contributed by atoms with Crippen molar-refractivity contribution in [3.8, 4) is 11.4 Å². The highest BCUT2D eigenvalue weighted by Gasteiger charge is 2.17. The van der Waals surface area contributed by atoms with E-state index in [1.807, 2.05) is 67.9 Å². The lowest BCUT2D eigenvalue weighted by atomic mass is 10.1. The lowest BCUT2D eigenvalue weighted by Gasteiger charge is -2.08. The number of hydrogen-bond donors (Lipinski definition) is 1. The molecule has 4 rings (SSSR count). The van der Waals surface area contributed by atoms with Crippen molar-refractivity contribution in [3.63, 3.8) is 0 Å². The molecule has 0 atom stereocenters. The second-order valence-electron chi connectivity index (χ2n) is 7.10. The largest absolute Gasteiger partial charge is 0.320 e. The van der Waals surface area contributed by atoms with Crippen LogP contribution in [-0.2, 0) is 0 Å². The Morgan fingerprint density at radius 2 is 1.79 bits per heavy atom. The summed E-state index contributed by atoms with van der Waals surface area (Å²) in [5.41, 5.74) is 6.50. The Morgan fingerprint density at radius 3 is 2.52 bits per heavy atom. The normalized spacial score (nSPS) is 10.9. The van der Waals surface area contributed by atoms with Gasteiger partial charge in [0.1, 0.15) is 0 Å². The SMILES string of the molecule is Cc1ccc(-n2nc(C)c(C(=O)Nc3cccc(-n4nccc4C)c3)n2)c(C)c1. The van der Waals surface area contributed by atoms with Gasteiger partial charge < -0.3 is 5.32 Å². The highest BCUT2D eigenvalue weighted by atomic mass is 16.2. The molecule has 0 radical (unpaired) electrons. The summed E-state index contributed by atoms with van der Waals surface area (Å²) in [6.07, 6.45) is 1.75. The van der Waals surface area contributed by atoms with Crippen LogP contribution in [0.5, 0.6) is 0 Å². The van der Waals surface area contributed by atoms with Crippen molar-refractivity contribution in [1.82, 2.24) is 24.8 Å². The van der Waals surface area contributed by atoms with Gasteiger partial charge in [0.05, 0.1) is 17.1 Å². The van der Waals surface area contributed by atoms with E-state index in [-0.39, 0.29) is 5.91 Å². The first-order valence-electron chi connectivity index (χ1n) is 9.36. The quantitative estimate of drug-likeness (QED) is 0.576. The standard InChI is InChI=1S/C22H22N6O/c1-14-8-9-20(15(2)12-14)28-25-17(4)21(26-28)22(29)24-18-6-5-7-19(13-18)27-16(3)10-11-23-27/h5-13H,1-4H3,(H,24,29). The molecule has 29 heavy (non-hydrogen) atoms. The van der Waals surface area contributed by atoms with E-state index in [2.05, 4.69) is 26.7 Å². The number of carbonyl (C=O) groups is 1. The molecule has 2 heterocycles. The minimum absolute atomic E-state index is 0.297. The van der Waals surface area contributed by atoms with Crippen LogP contribution in [0, 0.1) is 27.7 Å². The van der Waals surface area contributed by atoms with Gasteiger partial charge in [-0.3, -0.25) is 4.79 Å². The van der Waals surface area contributed by atoms with E-state index < -0.39 is 0 Å². The summed E-state index contributed by atoms with van der Waals surface area (Å²) in [5, 5.41) is 16.1. The Hall–Kier alpha value is -3.74. The number of nitrogens with one attached hydrogen (secondary N) is 1. The van der Waals surface area contributed by atoms with Crippen molar-refractivity contribution in [2.45, 2.75) is 27.7 Å². The fraction of sp³-hybridized carbons (Fsp3) is 0.182. The number of nitrogens with zero attached hydrogens (tertiary/aromatic N) is 5. The van der Waals surface area contributed by atoms with E-state index in [0.717, 1.165) is 22.6 Å². The Labute approximate surface area is 169 Å². The van der Waals surface area contributed by atoms with Gasteiger partial charge in [0.25, 0.3) is 5.91 Å². The second kappa shape index (κ2) is 7.35. The first-order valence-corrected chi connectivity index (χ1v) is 9.36. The molecule has 1 amide bonds. The van der Waals surface area contributed by atoms with Gasteiger partial charge >= 0.3 is 0 Å². The number of rotatable bonds is 4. The van der Waals surface area contributed by atoms with Crippen LogP contribution in [0.15, 0.2) is 54.7 Å². The zero-order chi connectivity index (χ0) is 20.5. The van der Waals surface area contributed by atoms with Gasteiger partial charge in [-0.1, -0.05) is 23.8 Å². The van der Waals surface area contributed by atoms with Crippen molar-refractivity contribution >= 4 is 11.6 Å². The number of carbonyl (C=O) groups excluding carboxylic acids is 1. The Kier molecular flexibility index (Phi) is 4.72. The molecular weight excluding hydrogens is 364 g/mol. The van der Waals surface area contributed by atoms with E-state index in [1.54, 1.807) is 13.1 Å². The highest BCUT2D eigenvalue weighted by Crippen LogP contribution is 2.18. The third-order valence-corrected chi connectivity index (χ3v) is 4.75. The van der Waals surface area contributed by atoms with Crippen molar-refractivity contribution in [2.24, 2.45) is 0 Å². The highest BCUT2D eigenvalue weighted by molar-refractivity contribution is 6.03. The van der Waals surface area contributed by atoms with Gasteiger partial charge in [-0.25, -0.2) is 4.68 Å². The number of benzene rings is 2. The molecule has 0 spiro atoms. The molecule has 0 fully saturated rings. The van der Waals surface area contributed by atoms with Gasteiger partial charge in [-0.2, -0.15) is 15.0 Å². The van der Waals surface area contributed by atoms with E-state index >= 15 is 0 Å². The van der Waals surface area contributed by atoms with Crippen LogP contribution in [0.3, 0.4) is 0 Å². The molecule has 0 aliphatic carbocycles. The predicted octanol–water partition coefficient (Wildman–Crippen LogP) is 3.94. The summed E-state index contributed by atoms with van der Waals surface area (Å²) in [5.74, 6) is -0.298. The van der Waals surface area contributed by atoms with Crippen molar-refractivity contribution in [3.05, 3.63) is 82.9 Å². The lowest BCUT2D eigenvalue weighted by Crippen LogP contribution is -2.14. The van der Waals surface area contributed by atoms with Crippen LogP contribution >= 0.6 is 0 Å². The third kappa shape index (κ3) is 3.67. The number of aromatic nitrogens is 5. The van der Waals surface area contributed by atoms with E-state index in [4.69, 9.17) is 0 Å². The van der Waals surface area contributed by atoms with Crippen molar-refractivity contribution in [2.75, 3.05) is 5.32 Å². The van der Waals surface area contributed by atoms with Gasteiger partial charge in [0.2, 0.25) is 0 Å². The van der Waals surface area contributed by atoms with Gasteiger partial charge in [-0.05, 0) is 63.6 Å². The first kappa shape index (κ1) is 18.6. The molecule has 0 saturated carbocycles. The van der Waals surface area contributed by atoms with Crippen LogP contribution < -0.4 is 5.32 Å². The Morgan fingerprint density at radius 1 is 0.966 bits per heavy atom. The van der Waals surface area contributed by atoms with Gasteiger partial charge in [0.15, 0.2) is 5.69 Å². The molecular formula is C22H22N6O. The summed E-state index contributed by atoms with van der Waals surface area (Å²) < 4.78 is 1.82. The zero-order valence-corrected chi connectivity index (χ0v) is 16.8. The maximum absolute atomic E-state index is 12.8. The molecule has 1 N–H and O–H groups in total. The zero-order valence-electron chi connectivity index (χ0n) is 16.8.